The smallest absolute Gasteiger partial charge is 0.258 e. The van der Waals surface area contributed by atoms with Crippen LogP contribution < -0.4 is 0 Å². The molecule has 0 atom stereocenters. The first-order valence-electron chi connectivity index (χ1n) is 6.37. The zero-order chi connectivity index (χ0) is 14.8. The van der Waals surface area contributed by atoms with E-state index in [1.807, 2.05) is 0 Å². The van der Waals surface area contributed by atoms with Crippen LogP contribution in [0.1, 0.15) is 25.7 Å². The number of sulfonamides is 1. The van der Waals surface area contributed by atoms with Crippen molar-refractivity contribution in [2.24, 2.45) is 0 Å². The van der Waals surface area contributed by atoms with E-state index in [2.05, 4.69) is 15.9 Å². The Bertz CT molecular complexity index is 610. The topological polar surface area (TPSA) is 80.5 Å². The van der Waals surface area contributed by atoms with E-state index in [-0.39, 0.29) is 10.6 Å². The van der Waals surface area contributed by atoms with Gasteiger partial charge in [-0.3, -0.25) is 10.1 Å². The van der Waals surface area contributed by atoms with Gasteiger partial charge in [0.15, 0.2) is 4.90 Å². The minimum absolute atomic E-state index is 0.237. The molecule has 1 aromatic rings. The number of hydrogen-bond donors (Lipinski definition) is 0. The Labute approximate surface area is 126 Å². The number of hydrogen-bond acceptors (Lipinski definition) is 4. The van der Waals surface area contributed by atoms with Gasteiger partial charge in [-0.2, -0.15) is 4.31 Å². The van der Waals surface area contributed by atoms with E-state index in [4.69, 9.17) is 0 Å². The van der Waals surface area contributed by atoms with Crippen LogP contribution in [0.4, 0.5) is 5.69 Å². The minimum atomic E-state index is -3.82. The predicted octanol–water partition coefficient (Wildman–Crippen LogP) is 2.92. The van der Waals surface area contributed by atoms with E-state index in [1.165, 1.54) is 22.5 Å². The number of nitro groups is 1. The van der Waals surface area contributed by atoms with E-state index < -0.39 is 14.9 Å². The van der Waals surface area contributed by atoms with Crippen LogP contribution in [-0.4, -0.2) is 30.7 Å². The Hall–Kier alpha value is -0.990. The molecule has 1 fully saturated rings. The van der Waals surface area contributed by atoms with Crippen molar-refractivity contribution >= 4 is 31.6 Å². The second-order valence-corrected chi connectivity index (χ2v) is 7.51. The van der Waals surface area contributed by atoms with Gasteiger partial charge in [0.2, 0.25) is 10.0 Å². The highest BCUT2D eigenvalue weighted by atomic mass is 79.9. The fourth-order valence-electron chi connectivity index (χ4n) is 2.27. The quantitative estimate of drug-likeness (QED) is 0.611. The summed E-state index contributed by atoms with van der Waals surface area (Å²) in [7, 11) is -3.82. The van der Waals surface area contributed by atoms with Crippen LogP contribution in [0.3, 0.4) is 0 Å². The van der Waals surface area contributed by atoms with E-state index in [9.17, 15) is 18.5 Å². The van der Waals surface area contributed by atoms with Crippen molar-refractivity contribution in [3.05, 3.63) is 32.8 Å². The Morgan fingerprint density at radius 1 is 1.15 bits per heavy atom. The second-order valence-electron chi connectivity index (χ2n) is 4.69. The fourth-order valence-corrected chi connectivity index (χ4v) is 4.48. The first-order valence-corrected chi connectivity index (χ1v) is 8.60. The van der Waals surface area contributed by atoms with Crippen LogP contribution in [-0.2, 0) is 10.0 Å². The van der Waals surface area contributed by atoms with Gasteiger partial charge in [-0.1, -0.05) is 28.8 Å². The predicted molar refractivity (Wildman–Crippen MR) is 78.0 cm³/mol. The van der Waals surface area contributed by atoms with Crippen molar-refractivity contribution in [2.45, 2.75) is 30.6 Å². The maximum Gasteiger partial charge on any atom is 0.289 e. The molecule has 0 spiro atoms. The van der Waals surface area contributed by atoms with Gasteiger partial charge in [0.25, 0.3) is 5.69 Å². The fraction of sp³-hybridized carbons (Fsp3) is 0.500. The molecule has 20 heavy (non-hydrogen) atoms. The minimum Gasteiger partial charge on any atom is -0.258 e. The van der Waals surface area contributed by atoms with Gasteiger partial charge in [0, 0.05) is 23.6 Å². The zero-order valence-corrected chi connectivity index (χ0v) is 13.2. The first kappa shape index (κ1) is 15.4. The monoisotopic (exact) mass is 362 g/mol. The lowest BCUT2D eigenvalue weighted by molar-refractivity contribution is -0.387. The largest absolute Gasteiger partial charge is 0.289 e. The number of halogens is 1. The molecular formula is C12H15BrN2O4S. The molecule has 0 amide bonds. The van der Waals surface area contributed by atoms with Gasteiger partial charge in [0.05, 0.1) is 4.92 Å². The van der Waals surface area contributed by atoms with Crippen LogP contribution in [0.15, 0.2) is 27.6 Å². The van der Waals surface area contributed by atoms with Crippen LogP contribution in [0, 0.1) is 10.1 Å². The third-order valence-corrected chi connectivity index (χ3v) is 5.72. The van der Waals surface area contributed by atoms with Crippen molar-refractivity contribution in [3.63, 3.8) is 0 Å². The number of nitrogens with zero attached hydrogens (tertiary/aromatic N) is 2. The molecule has 2 rings (SSSR count). The molecule has 110 valence electrons. The van der Waals surface area contributed by atoms with Crippen molar-refractivity contribution in [1.29, 1.82) is 0 Å². The Balaban J connectivity index is 2.47. The summed E-state index contributed by atoms with van der Waals surface area (Å²) in [6, 6.07) is 3.99. The third-order valence-electron chi connectivity index (χ3n) is 3.30. The molecule has 0 aromatic heterocycles. The van der Waals surface area contributed by atoms with Gasteiger partial charge in [0.1, 0.15) is 0 Å². The molecule has 1 heterocycles. The molecule has 0 bridgehead atoms. The van der Waals surface area contributed by atoms with Gasteiger partial charge in [-0.15, -0.1) is 0 Å². The molecule has 0 aliphatic carbocycles. The van der Waals surface area contributed by atoms with E-state index in [0.717, 1.165) is 25.7 Å². The summed E-state index contributed by atoms with van der Waals surface area (Å²) < 4.78 is 27.1. The lowest BCUT2D eigenvalue weighted by atomic mass is 10.2. The number of benzene rings is 1. The molecule has 1 saturated heterocycles. The Morgan fingerprint density at radius 3 is 2.30 bits per heavy atom. The second kappa shape index (κ2) is 6.19. The number of rotatable bonds is 3. The highest BCUT2D eigenvalue weighted by Crippen LogP contribution is 2.30. The lowest BCUT2D eigenvalue weighted by Crippen LogP contribution is -2.32. The first-order chi connectivity index (χ1) is 9.43. The van der Waals surface area contributed by atoms with Crippen molar-refractivity contribution < 1.29 is 13.3 Å². The van der Waals surface area contributed by atoms with Crippen LogP contribution >= 0.6 is 15.9 Å². The third kappa shape index (κ3) is 3.18. The van der Waals surface area contributed by atoms with E-state index in [1.54, 1.807) is 0 Å². The summed E-state index contributed by atoms with van der Waals surface area (Å²) in [6.45, 7) is 0.845. The number of nitro benzene ring substituents is 1. The molecule has 1 aliphatic rings. The van der Waals surface area contributed by atoms with Gasteiger partial charge in [-0.25, -0.2) is 8.42 Å². The maximum atomic E-state index is 12.6. The van der Waals surface area contributed by atoms with Crippen molar-refractivity contribution in [1.82, 2.24) is 4.31 Å². The summed E-state index contributed by atoms with van der Waals surface area (Å²) in [5, 5.41) is 11.0. The maximum absolute atomic E-state index is 12.6. The van der Waals surface area contributed by atoms with E-state index in [0.29, 0.717) is 17.6 Å². The Morgan fingerprint density at radius 2 is 1.75 bits per heavy atom. The molecule has 0 radical (unpaired) electrons. The Kier molecular flexibility index (Phi) is 4.77. The summed E-state index contributed by atoms with van der Waals surface area (Å²) in [6.07, 6.45) is 3.57. The van der Waals surface area contributed by atoms with Crippen LogP contribution in [0.25, 0.3) is 0 Å². The molecule has 0 saturated carbocycles. The average Bonchev–Trinajstić information content (AvgIpc) is 2.67. The van der Waals surface area contributed by atoms with Crippen molar-refractivity contribution in [2.75, 3.05) is 13.1 Å². The van der Waals surface area contributed by atoms with Gasteiger partial charge >= 0.3 is 0 Å². The SMILES string of the molecule is O=[N+]([O-])c1ccc(Br)cc1S(=O)(=O)N1CCCCCC1. The summed E-state index contributed by atoms with van der Waals surface area (Å²) >= 11 is 3.17. The summed E-state index contributed by atoms with van der Waals surface area (Å²) in [5.74, 6) is 0. The molecule has 1 aromatic carbocycles. The molecule has 0 unspecified atom stereocenters. The molecular weight excluding hydrogens is 348 g/mol. The van der Waals surface area contributed by atoms with Gasteiger partial charge in [-0.05, 0) is 25.0 Å². The lowest BCUT2D eigenvalue weighted by Gasteiger charge is -2.19. The normalized spacial score (nSPS) is 17.6. The molecule has 0 N–H and O–H groups in total. The van der Waals surface area contributed by atoms with Crippen molar-refractivity contribution in [3.8, 4) is 0 Å². The highest BCUT2D eigenvalue weighted by Gasteiger charge is 2.32. The molecule has 1 aliphatic heterocycles. The standard InChI is InChI=1S/C12H15BrN2O4S/c13-10-5-6-11(15(16)17)12(9-10)20(18,19)14-7-3-1-2-4-8-14/h5-6,9H,1-4,7-8H2. The van der Waals surface area contributed by atoms with Crippen LogP contribution in [0.2, 0.25) is 0 Å². The average molecular weight is 363 g/mol. The highest BCUT2D eigenvalue weighted by molar-refractivity contribution is 9.10. The van der Waals surface area contributed by atoms with Crippen LogP contribution in [0.5, 0.6) is 0 Å². The molecule has 8 heteroatoms. The zero-order valence-electron chi connectivity index (χ0n) is 10.8. The van der Waals surface area contributed by atoms with Gasteiger partial charge < -0.3 is 0 Å². The summed E-state index contributed by atoms with van der Waals surface area (Å²) in [4.78, 5) is 10.1. The summed E-state index contributed by atoms with van der Waals surface area (Å²) in [5.41, 5.74) is -0.377. The van der Waals surface area contributed by atoms with E-state index >= 15 is 0 Å². The molecule has 6 nitrogen and oxygen atoms in total.